The van der Waals surface area contributed by atoms with Crippen LogP contribution in [0.4, 0.5) is 0 Å². The topological polar surface area (TPSA) is 78.9 Å². The SMILES string of the molecule is CC/C=C\C/C=C\C/C=C\C/C=C\C/C=C\C/C=C\C/C=C\C/C=C\CCCCCCCCC(=O)OCC(COC(=O)CCCCCCCCC)OC(=O)CCCCCCCCCCC/C=C\C/C=C\CCCCCCC. The molecule has 438 valence electrons. The Kier molecular flexibility index (Phi) is 60.8. The third-order valence-electron chi connectivity index (χ3n) is 13.5. The van der Waals surface area contributed by atoms with Crippen LogP contribution in [0.2, 0.25) is 0 Å². The summed E-state index contributed by atoms with van der Waals surface area (Å²) in [5.74, 6) is -0.908. The lowest BCUT2D eigenvalue weighted by molar-refractivity contribution is -0.167. The highest BCUT2D eigenvalue weighted by molar-refractivity contribution is 5.71. The Hall–Kier alpha value is -4.19. The number of ether oxygens (including phenoxy) is 3. The van der Waals surface area contributed by atoms with Gasteiger partial charge in [0.15, 0.2) is 6.10 Å². The minimum atomic E-state index is -0.787. The fourth-order valence-electron chi connectivity index (χ4n) is 8.67. The van der Waals surface area contributed by atoms with E-state index in [0.29, 0.717) is 19.3 Å². The number of hydrogen-bond acceptors (Lipinski definition) is 6. The van der Waals surface area contributed by atoms with Crippen LogP contribution in [0.5, 0.6) is 0 Å². The van der Waals surface area contributed by atoms with Gasteiger partial charge in [-0.25, -0.2) is 0 Å². The molecule has 1 unspecified atom stereocenters. The zero-order valence-corrected chi connectivity index (χ0v) is 50.2. The fraction of sp³-hybridized carbons (Fsp3) is 0.676. The minimum absolute atomic E-state index is 0.0851. The Bertz CT molecular complexity index is 1600. The third kappa shape index (κ3) is 62.5. The lowest BCUT2D eigenvalue weighted by Crippen LogP contribution is -2.30. The van der Waals surface area contributed by atoms with Crippen LogP contribution in [0.25, 0.3) is 0 Å². The monoisotopic (exact) mass is 1070 g/mol. The molecule has 0 aromatic carbocycles. The van der Waals surface area contributed by atoms with Gasteiger partial charge in [-0.15, -0.1) is 0 Å². The molecule has 0 aromatic heterocycles. The number of esters is 3. The van der Waals surface area contributed by atoms with Crippen molar-refractivity contribution in [1.29, 1.82) is 0 Å². The summed E-state index contributed by atoms with van der Waals surface area (Å²) in [7, 11) is 0. The molecule has 0 fully saturated rings. The molecule has 0 aliphatic heterocycles. The van der Waals surface area contributed by atoms with E-state index >= 15 is 0 Å². The van der Waals surface area contributed by atoms with E-state index in [1.165, 1.54) is 122 Å². The number of carbonyl (C=O) groups is 3. The summed E-state index contributed by atoms with van der Waals surface area (Å²) in [5, 5.41) is 0. The molecule has 0 aromatic rings. The van der Waals surface area contributed by atoms with E-state index in [2.05, 4.69) is 142 Å². The Labute approximate surface area is 475 Å². The predicted octanol–water partition coefficient (Wildman–Crippen LogP) is 22.0. The first-order valence-electron chi connectivity index (χ1n) is 32.0. The number of hydrogen-bond donors (Lipinski definition) is 0. The van der Waals surface area contributed by atoms with E-state index < -0.39 is 6.10 Å². The van der Waals surface area contributed by atoms with Gasteiger partial charge < -0.3 is 14.2 Å². The smallest absolute Gasteiger partial charge is 0.306 e. The van der Waals surface area contributed by atoms with Crippen molar-refractivity contribution in [3.05, 3.63) is 122 Å². The van der Waals surface area contributed by atoms with E-state index in [1.54, 1.807) is 0 Å². The quantitative estimate of drug-likeness (QED) is 0.0261. The fourth-order valence-corrected chi connectivity index (χ4v) is 8.67. The van der Waals surface area contributed by atoms with Crippen molar-refractivity contribution in [2.45, 2.75) is 297 Å². The average Bonchev–Trinajstić information content (AvgIpc) is 3.43. The molecule has 0 amide bonds. The molecule has 0 heterocycles. The van der Waals surface area contributed by atoms with Crippen LogP contribution in [-0.2, 0) is 28.6 Å². The summed E-state index contributed by atoms with van der Waals surface area (Å²) in [6.07, 6.45) is 89.4. The largest absolute Gasteiger partial charge is 0.462 e. The zero-order valence-electron chi connectivity index (χ0n) is 50.2. The summed E-state index contributed by atoms with van der Waals surface area (Å²) < 4.78 is 16.8. The van der Waals surface area contributed by atoms with Crippen molar-refractivity contribution in [2.24, 2.45) is 0 Å². The van der Waals surface area contributed by atoms with Gasteiger partial charge in [0.05, 0.1) is 0 Å². The second-order valence-corrected chi connectivity index (χ2v) is 20.9. The van der Waals surface area contributed by atoms with E-state index in [0.717, 1.165) is 128 Å². The van der Waals surface area contributed by atoms with E-state index in [9.17, 15) is 14.4 Å². The van der Waals surface area contributed by atoms with Crippen LogP contribution in [0.1, 0.15) is 290 Å². The molecule has 0 radical (unpaired) electrons. The van der Waals surface area contributed by atoms with Gasteiger partial charge in [0, 0.05) is 19.3 Å². The molecule has 0 aliphatic carbocycles. The molecule has 0 spiro atoms. The van der Waals surface area contributed by atoms with Gasteiger partial charge in [0.2, 0.25) is 0 Å². The summed E-state index contributed by atoms with van der Waals surface area (Å²) in [6.45, 7) is 6.47. The normalized spacial score (nSPS) is 12.9. The number of rotatable bonds is 57. The molecular weight excluding hydrogens is 949 g/mol. The molecule has 1 atom stereocenters. The van der Waals surface area contributed by atoms with Gasteiger partial charge >= 0.3 is 17.9 Å². The number of unbranched alkanes of at least 4 members (excludes halogenated alkanes) is 26. The molecule has 0 aliphatic rings. The van der Waals surface area contributed by atoms with Gasteiger partial charge in [0.25, 0.3) is 0 Å². The van der Waals surface area contributed by atoms with Crippen LogP contribution in [0.15, 0.2) is 122 Å². The third-order valence-corrected chi connectivity index (χ3v) is 13.5. The zero-order chi connectivity index (χ0) is 55.7. The van der Waals surface area contributed by atoms with E-state index in [-0.39, 0.29) is 31.1 Å². The van der Waals surface area contributed by atoms with E-state index in [4.69, 9.17) is 14.2 Å². The highest BCUT2D eigenvalue weighted by atomic mass is 16.6. The number of allylic oxidation sites excluding steroid dienone is 20. The van der Waals surface area contributed by atoms with Crippen LogP contribution in [0.3, 0.4) is 0 Å². The summed E-state index contributed by atoms with van der Waals surface area (Å²) in [6, 6.07) is 0. The van der Waals surface area contributed by atoms with Gasteiger partial charge in [0.1, 0.15) is 13.2 Å². The standard InChI is InChI=1S/C71H118O6/c1-4-7-10-13-16-18-20-22-24-26-28-30-31-32-33-34-35-36-37-38-39-41-42-44-46-48-50-52-55-58-61-64-70(73)76-67-68(66-75-69(72)63-60-57-54-15-12-9-6-3)77-71(74)65-62-59-56-53-51-49-47-45-43-40-29-27-25-23-21-19-17-14-11-8-5-2/h7,10,16,18,21-24,27-30,32-33,35-36,38-39,42,44,68H,4-6,8-9,11-15,17,19-20,25-26,31,34,37,40-41,43,45-67H2,1-3H3/b10-7-,18-16-,23-21-,24-22-,29-27-,30-28-,33-32-,36-35-,39-38-,44-42-. The van der Waals surface area contributed by atoms with Crippen molar-refractivity contribution >= 4 is 17.9 Å². The molecular formula is C71H118O6. The average molecular weight is 1070 g/mol. The highest BCUT2D eigenvalue weighted by Gasteiger charge is 2.19. The molecule has 6 heteroatoms. The predicted molar refractivity (Wildman–Crippen MR) is 334 cm³/mol. The molecule has 0 N–H and O–H groups in total. The molecule has 6 nitrogen and oxygen atoms in total. The Balaban J connectivity index is 4.20. The maximum atomic E-state index is 12.9. The molecule has 77 heavy (non-hydrogen) atoms. The van der Waals surface area contributed by atoms with Crippen molar-refractivity contribution in [2.75, 3.05) is 13.2 Å². The van der Waals surface area contributed by atoms with Crippen LogP contribution in [-0.4, -0.2) is 37.2 Å². The summed E-state index contributed by atoms with van der Waals surface area (Å²) >= 11 is 0. The summed E-state index contributed by atoms with van der Waals surface area (Å²) in [5.41, 5.74) is 0. The van der Waals surface area contributed by atoms with Crippen LogP contribution >= 0.6 is 0 Å². The Morgan fingerprint density at radius 2 is 0.506 bits per heavy atom. The Morgan fingerprint density at radius 1 is 0.273 bits per heavy atom. The highest BCUT2D eigenvalue weighted by Crippen LogP contribution is 2.15. The van der Waals surface area contributed by atoms with Crippen molar-refractivity contribution in [3.63, 3.8) is 0 Å². The second-order valence-electron chi connectivity index (χ2n) is 20.9. The minimum Gasteiger partial charge on any atom is -0.462 e. The maximum Gasteiger partial charge on any atom is 0.306 e. The molecule has 0 saturated heterocycles. The van der Waals surface area contributed by atoms with Crippen molar-refractivity contribution in [3.8, 4) is 0 Å². The molecule has 0 rings (SSSR count). The van der Waals surface area contributed by atoms with Crippen molar-refractivity contribution in [1.82, 2.24) is 0 Å². The molecule has 0 bridgehead atoms. The summed E-state index contributed by atoms with van der Waals surface area (Å²) in [4.78, 5) is 38.1. The first-order chi connectivity index (χ1) is 38.0. The van der Waals surface area contributed by atoms with E-state index in [1.807, 2.05) is 0 Å². The van der Waals surface area contributed by atoms with Gasteiger partial charge in [-0.1, -0.05) is 277 Å². The lowest BCUT2D eigenvalue weighted by atomic mass is 10.1. The van der Waals surface area contributed by atoms with Crippen LogP contribution < -0.4 is 0 Å². The maximum absolute atomic E-state index is 12.9. The number of carbonyl (C=O) groups excluding carboxylic acids is 3. The van der Waals surface area contributed by atoms with Gasteiger partial charge in [-0.05, 0) is 116 Å². The first kappa shape index (κ1) is 72.8. The second kappa shape index (κ2) is 64.3. The van der Waals surface area contributed by atoms with Crippen molar-refractivity contribution < 1.29 is 28.6 Å². The lowest BCUT2D eigenvalue weighted by Gasteiger charge is -2.18. The first-order valence-corrected chi connectivity index (χ1v) is 32.0. The Morgan fingerprint density at radius 3 is 0.792 bits per heavy atom. The van der Waals surface area contributed by atoms with Crippen LogP contribution in [0, 0.1) is 0 Å². The van der Waals surface area contributed by atoms with Gasteiger partial charge in [-0.3, -0.25) is 14.4 Å². The van der Waals surface area contributed by atoms with Gasteiger partial charge in [-0.2, -0.15) is 0 Å². The molecule has 0 saturated carbocycles.